The summed E-state index contributed by atoms with van der Waals surface area (Å²) in [7, 11) is -9.87. The van der Waals surface area contributed by atoms with Gasteiger partial charge < -0.3 is 33.8 Å². The van der Waals surface area contributed by atoms with Crippen LogP contribution in [0.15, 0.2) is 0 Å². The minimum atomic E-state index is -4.94. The van der Waals surface area contributed by atoms with E-state index >= 15 is 0 Å². The van der Waals surface area contributed by atoms with Crippen LogP contribution < -0.4 is 0 Å². The van der Waals surface area contributed by atoms with E-state index in [1.807, 2.05) is 0 Å². The standard InChI is InChI=1S/C66H128O17P2/c1-5-9-13-17-20-23-25-26-27-28-29-30-31-32-33-34-35-38-41-45-49-53-66(71)83-62(57-77-64(69)51-47-43-39-37-24-21-18-14-10-6-2)59-81-85(74,75)79-55-60(67)54-78-84(72,73)80-58-61(56-76-63(68)50-46-42-16-12-8-4)82-65(70)52-48-44-40-36-22-19-15-11-7-3/h60-62,67H,5-59H2,1-4H3,(H,72,73)(H,74,75)/t60-,61+,62+/m0/s1. The molecule has 17 nitrogen and oxygen atoms in total. The third-order valence-electron chi connectivity index (χ3n) is 15.4. The van der Waals surface area contributed by atoms with Crippen molar-refractivity contribution >= 4 is 39.5 Å². The number of hydrogen-bond acceptors (Lipinski definition) is 15. The summed E-state index contributed by atoms with van der Waals surface area (Å²) in [5.41, 5.74) is 0. The lowest BCUT2D eigenvalue weighted by Crippen LogP contribution is -2.30. The van der Waals surface area contributed by atoms with Gasteiger partial charge in [0.2, 0.25) is 0 Å². The Morgan fingerprint density at radius 1 is 0.282 bits per heavy atom. The van der Waals surface area contributed by atoms with Crippen LogP contribution in [0.25, 0.3) is 0 Å². The van der Waals surface area contributed by atoms with E-state index in [-0.39, 0.29) is 25.7 Å². The highest BCUT2D eigenvalue weighted by Gasteiger charge is 2.30. The first-order valence-corrected chi connectivity index (χ1v) is 37.8. The highest BCUT2D eigenvalue weighted by Crippen LogP contribution is 2.45. The fourth-order valence-corrected chi connectivity index (χ4v) is 11.6. The van der Waals surface area contributed by atoms with E-state index in [4.69, 9.17) is 37.0 Å². The van der Waals surface area contributed by atoms with Gasteiger partial charge in [-0.25, -0.2) is 9.13 Å². The second-order valence-electron chi connectivity index (χ2n) is 23.9. The van der Waals surface area contributed by atoms with Gasteiger partial charge in [0.1, 0.15) is 19.3 Å². The lowest BCUT2D eigenvalue weighted by atomic mass is 10.0. The van der Waals surface area contributed by atoms with Gasteiger partial charge >= 0.3 is 39.5 Å². The van der Waals surface area contributed by atoms with E-state index in [1.54, 1.807) is 0 Å². The molecule has 3 N–H and O–H groups in total. The average molecular weight is 1260 g/mol. The molecule has 0 aromatic rings. The Kier molecular flexibility index (Phi) is 59.6. The summed E-state index contributed by atoms with van der Waals surface area (Å²) >= 11 is 0. The fraction of sp³-hybridized carbons (Fsp3) is 0.939. The van der Waals surface area contributed by atoms with Crippen molar-refractivity contribution < 1.29 is 80.2 Å². The van der Waals surface area contributed by atoms with Gasteiger partial charge in [-0.1, -0.05) is 291 Å². The second kappa shape index (κ2) is 60.9. The molecule has 0 aliphatic heterocycles. The molecule has 0 radical (unpaired) electrons. The van der Waals surface area contributed by atoms with Crippen LogP contribution in [-0.2, 0) is 65.4 Å². The summed E-state index contributed by atoms with van der Waals surface area (Å²) < 4.78 is 67.8. The van der Waals surface area contributed by atoms with E-state index in [0.29, 0.717) is 25.7 Å². The summed E-state index contributed by atoms with van der Waals surface area (Å²) in [6, 6.07) is 0. The molecule has 0 aromatic heterocycles. The molecule has 0 spiro atoms. The van der Waals surface area contributed by atoms with E-state index in [9.17, 15) is 43.2 Å². The summed E-state index contributed by atoms with van der Waals surface area (Å²) in [6.45, 7) is 4.79. The molecule has 0 aliphatic carbocycles. The fourth-order valence-electron chi connectivity index (χ4n) is 9.99. The number of phosphoric ester groups is 2. The third kappa shape index (κ3) is 60.7. The number of rotatable bonds is 67. The van der Waals surface area contributed by atoms with Gasteiger partial charge in [-0.15, -0.1) is 0 Å². The quantitative estimate of drug-likeness (QED) is 0.0222. The van der Waals surface area contributed by atoms with Crippen LogP contribution in [0.1, 0.15) is 342 Å². The lowest BCUT2D eigenvalue weighted by molar-refractivity contribution is -0.161. The second-order valence-corrected chi connectivity index (χ2v) is 26.8. The number of carbonyl (C=O) groups is 4. The minimum Gasteiger partial charge on any atom is -0.462 e. The SMILES string of the molecule is CCCCCCCCCCCCCCCCCCCCCCCC(=O)O[C@H](COC(=O)CCCCCCCCCCCC)COP(=O)(O)OC[C@@H](O)COP(=O)(O)OC[C@@H](COC(=O)CCCCCCC)OC(=O)CCCCCCCCCCC. The Balaban J connectivity index is 5.06. The number of ether oxygens (including phenoxy) is 4. The number of phosphoric acid groups is 2. The molecule has 19 heteroatoms. The van der Waals surface area contributed by atoms with E-state index in [1.165, 1.54) is 167 Å². The summed E-state index contributed by atoms with van der Waals surface area (Å²) in [5.74, 6) is -2.14. The topological polar surface area (TPSA) is 237 Å². The lowest BCUT2D eigenvalue weighted by Gasteiger charge is -2.21. The van der Waals surface area contributed by atoms with Gasteiger partial charge in [0.15, 0.2) is 12.2 Å². The van der Waals surface area contributed by atoms with Crippen molar-refractivity contribution in [2.45, 2.75) is 361 Å². The largest absolute Gasteiger partial charge is 0.472 e. The van der Waals surface area contributed by atoms with Crippen LogP contribution in [0.4, 0.5) is 0 Å². The predicted molar refractivity (Wildman–Crippen MR) is 340 cm³/mol. The van der Waals surface area contributed by atoms with Gasteiger partial charge in [-0.05, 0) is 25.7 Å². The maximum Gasteiger partial charge on any atom is 0.472 e. The Morgan fingerprint density at radius 3 is 0.694 bits per heavy atom. The molecule has 85 heavy (non-hydrogen) atoms. The molecule has 0 fully saturated rings. The minimum absolute atomic E-state index is 0.105. The molecular formula is C66H128O17P2. The maximum atomic E-state index is 13.0. The molecule has 504 valence electrons. The van der Waals surface area contributed by atoms with Crippen LogP contribution in [0.5, 0.6) is 0 Å². The van der Waals surface area contributed by atoms with Gasteiger partial charge in [0.05, 0.1) is 26.4 Å². The normalized spacial score (nSPS) is 14.1. The predicted octanol–water partition coefficient (Wildman–Crippen LogP) is 18.7. The summed E-state index contributed by atoms with van der Waals surface area (Å²) in [6.07, 6.45) is 47.8. The van der Waals surface area contributed by atoms with Crippen molar-refractivity contribution in [3.8, 4) is 0 Å². The van der Waals surface area contributed by atoms with Gasteiger partial charge in [-0.2, -0.15) is 0 Å². The van der Waals surface area contributed by atoms with E-state index in [2.05, 4.69) is 27.7 Å². The first kappa shape index (κ1) is 83.1. The Labute approximate surface area is 517 Å². The number of aliphatic hydroxyl groups excluding tert-OH is 1. The van der Waals surface area contributed by atoms with Crippen molar-refractivity contribution in [2.24, 2.45) is 0 Å². The molecule has 0 amide bonds. The molecule has 5 atom stereocenters. The number of unbranched alkanes of at least 4 members (excludes halogenated alkanes) is 41. The van der Waals surface area contributed by atoms with Crippen molar-refractivity contribution in [1.29, 1.82) is 0 Å². The molecule has 0 heterocycles. The van der Waals surface area contributed by atoms with Gasteiger partial charge in [0, 0.05) is 25.7 Å². The number of aliphatic hydroxyl groups is 1. The van der Waals surface area contributed by atoms with Crippen molar-refractivity contribution in [3.05, 3.63) is 0 Å². The van der Waals surface area contributed by atoms with Crippen LogP contribution in [-0.4, -0.2) is 96.7 Å². The summed E-state index contributed by atoms with van der Waals surface area (Å²) in [5, 5.41) is 10.5. The zero-order chi connectivity index (χ0) is 62.6. The number of hydrogen-bond donors (Lipinski definition) is 3. The third-order valence-corrected chi connectivity index (χ3v) is 17.3. The molecule has 0 saturated carbocycles. The van der Waals surface area contributed by atoms with Crippen LogP contribution in [0, 0.1) is 0 Å². The van der Waals surface area contributed by atoms with Crippen LogP contribution >= 0.6 is 15.6 Å². The Bertz CT molecular complexity index is 1640. The Morgan fingerprint density at radius 2 is 0.471 bits per heavy atom. The molecule has 0 bridgehead atoms. The average Bonchev–Trinajstić information content (AvgIpc) is 3.54. The van der Waals surface area contributed by atoms with Crippen LogP contribution in [0.3, 0.4) is 0 Å². The molecule has 0 aromatic carbocycles. The molecule has 0 rings (SSSR count). The highest BCUT2D eigenvalue weighted by molar-refractivity contribution is 7.47. The zero-order valence-electron chi connectivity index (χ0n) is 54.6. The van der Waals surface area contributed by atoms with Crippen LogP contribution in [0.2, 0.25) is 0 Å². The molecular weight excluding hydrogens is 1130 g/mol. The first-order chi connectivity index (χ1) is 41.2. The van der Waals surface area contributed by atoms with E-state index in [0.717, 1.165) is 96.3 Å². The van der Waals surface area contributed by atoms with Crippen molar-refractivity contribution in [2.75, 3.05) is 39.6 Å². The monoisotopic (exact) mass is 1250 g/mol. The maximum absolute atomic E-state index is 13.0. The first-order valence-electron chi connectivity index (χ1n) is 34.8. The van der Waals surface area contributed by atoms with Crippen molar-refractivity contribution in [3.63, 3.8) is 0 Å². The molecule has 2 unspecified atom stereocenters. The Hall–Kier alpha value is -1.94. The summed E-state index contributed by atoms with van der Waals surface area (Å²) in [4.78, 5) is 71.9. The highest BCUT2D eigenvalue weighted by atomic mass is 31.2. The number of carbonyl (C=O) groups excluding carboxylic acids is 4. The van der Waals surface area contributed by atoms with E-state index < -0.39 is 97.5 Å². The zero-order valence-corrected chi connectivity index (χ0v) is 56.4. The van der Waals surface area contributed by atoms with Crippen molar-refractivity contribution in [1.82, 2.24) is 0 Å². The molecule has 0 saturated heterocycles. The smallest absolute Gasteiger partial charge is 0.462 e. The number of esters is 4. The van der Waals surface area contributed by atoms with Gasteiger partial charge in [0.25, 0.3) is 0 Å². The van der Waals surface area contributed by atoms with Gasteiger partial charge in [-0.3, -0.25) is 37.3 Å². The molecule has 0 aliphatic rings.